The molecular weight excluding hydrogens is 280 g/mol. The number of fused-ring (bicyclic) bond motifs is 2. The van der Waals surface area contributed by atoms with Gasteiger partial charge in [0.2, 0.25) is 17.7 Å². The van der Waals surface area contributed by atoms with Gasteiger partial charge in [0.25, 0.3) is 0 Å². The third-order valence-corrected chi connectivity index (χ3v) is 5.35. The van der Waals surface area contributed by atoms with Crippen LogP contribution in [0.5, 0.6) is 0 Å². The molecule has 3 amide bonds. The number of likely N-dealkylation sites (tertiary alicyclic amines) is 1. The van der Waals surface area contributed by atoms with Crippen molar-refractivity contribution < 1.29 is 14.4 Å². The second-order valence-corrected chi connectivity index (χ2v) is 7.99. The van der Waals surface area contributed by atoms with E-state index in [-0.39, 0.29) is 17.7 Å². The quantitative estimate of drug-likeness (QED) is 0.639. The lowest BCUT2D eigenvalue weighted by atomic mass is 9.51. The fourth-order valence-corrected chi connectivity index (χ4v) is 4.73. The predicted octanol–water partition coefficient (Wildman–Crippen LogP) is 2.10. The molecule has 2 bridgehead atoms. The van der Waals surface area contributed by atoms with Gasteiger partial charge in [0.05, 0.1) is 0 Å². The van der Waals surface area contributed by atoms with E-state index in [0.717, 1.165) is 12.8 Å². The number of unbranched alkanes of at least 4 members (excludes halogenated alkanes) is 1. The molecule has 2 aliphatic rings. The zero-order chi connectivity index (χ0) is 16.8. The number of rotatable bonds is 4. The highest BCUT2D eigenvalue weighted by Crippen LogP contribution is 2.58. The predicted molar refractivity (Wildman–Crippen MR) is 83.9 cm³/mol. The number of piperidine rings is 1. The number of carbonyl (C=O) groups excluding carboxylic acids is 3. The summed E-state index contributed by atoms with van der Waals surface area (Å²) in [6.45, 7) is 8.42. The highest BCUT2D eigenvalue weighted by atomic mass is 16.2. The first-order valence-electron chi connectivity index (χ1n) is 8.19. The maximum absolute atomic E-state index is 12.7. The highest BCUT2D eigenvalue weighted by molar-refractivity contribution is 6.04. The van der Waals surface area contributed by atoms with Gasteiger partial charge in [-0.3, -0.25) is 19.3 Å². The van der Waals surface area contributed by atoms with Crippen LogP contribution in [0.1, 0.15) is 59.8 Å². The van der Waals surface area contributed by atoms with Gasteiger partial charge in [-0.15, -0.1) is 0 Å². The molecule has 5 heteroatoms. The zero-order valence-electron chi connectivity index (χ0n) is 14.4. The molecule has 5 nitrogen and oxygen atoms in total. The first kappa shape index (κ1) is 17.0. The van der Waals surface area contributed by atoms with Gasteiger partial charge in [0, 0.05) is 29.8 Å². The van der Waals surface area contributed by atoms with Crippen LogP contribution in [0, 0.1) is 16.2 Å². The third-order valence-electron chi connectivity index (χ3n) is 5.35. The van der Waals surface area contributed by atoms with Gasteiger partial charge in [-0.1, -0.05) is 34.1 Å². The Morgan fingerprint density at radius 3 is 2.05 bits per heavy atom. The van der Waals surface area contributed by atoms with Crippen molar-refractivity contribution in [3.8, 4) is 0 Å². The minimum absolute atomic E-state index is 0.0248. The molecule has 0 aromatic rings. The molecule has 1 saturated carbocycles. The van der Waals surface area contributed by atoms with Crippen LogP contribution < -0.4 is 5.32 Å². The Morgan fingerprint density at radius 1 is 1.09 bits per heavy atom. The average molecular weight is 308 g/mol. The van der Waals surface area contributed by atoms with E-state index in [0.29, 0.717) is 25.8 Å². The van der Waals surface area contributed by atoms with Crippen LogP contribution in [0.15, 0.2) is 0 Å². The average Bonchev–Trinajstić information content (AvgIpc) is 2.42. The molecule has 2 atom stereocenters. The molecule has 1 heterocycles. The van der Waals surface area contributed by atoms with E-state index in [1.807, 2.05) is 20.8 Å². The summed E-state index contributed by atoms with van der Waals surface area (Å²) < 4.78 is 0. The van der Waals surface area contributed by atoms with Gasteiger partial charge in [-0.2, -0.15) is 0 Å². The monoisotopic (exact) mass is 308 g/mol. The van der Waals surface area contributed by atoms with E-state index in [9.17, 15) is 14.4 Å². The Labute approximate surface area is 132 Å². The van der Waals surface area contributed by atoms with E-state index < -0.39 is 16.2 Å². The van der Waals surface area contributed by atoms with Crippen molar-refractivity contribution in [3.05, 3.63) is 0 Å². The van der Waals surface area contributed by atoms with Gasteiger partial charge in [0.1, 0.15) is 0 Å². The van der Waals surface area contributed by atoms with Crippen molar-refractivity contribution in [2.75, 3.05) is 13.6 Å². The minimum Gasteiger partial charge on any atom is -0.356 e. The maximum atomic E-state index is 12.7. The van der Waals surface area contributed by atoms with Crippen LogP contribution in [0.4, 0.5) is 0 Å². The lowest BCUT2D eigenvalue weighted by molar-refractivity contribution is -0.178. The molecule has 0 aromatic heterocycles. The molecule has 2 rings (SSSR count). The Morgan fingerprint density at radius 2 is 1.59 bits per heavy atom. The van der Waals surface area contributed by atoms with E-state index in [1.54, 1.807) is 7.05 Å². The van der Waals surface area contributed by atoms with Gasteiger partial charge in [0.15, 0.2) is 0 Å². The Hall–Kier alpha value is -1.39. The molecule has 124 valence electrons. The number of amides is 3. The van der Waals surface area contributed by atoms with Crippen LogP contribution in [0.25, 0.3) is 0 Å². The lowest BCUT2D eigenvalue weighted by Crippen LogP contribution is -2.64. The Bertz CT molecular complexity index is 486. The first-order chi connectivity index (χ1) is 10.1. The maximum Gasteiger partial charge on any atom is 0.234 e. The van der Waals surface area contributed by atoms with Crippen molar-refractivity contribution in [3.63, 3.8) is 0 Å². The second-order valence-electron chi connectivity index (χ2n) is 7.99. The molecule has 1 aliphatic carbocycles. The van der Waals surface area contributed by atoms with Gasteiger partial charge in [-0.25, -0.2) is 0 Å². The summed E-state index contributed by atoms with van der Waals surface area (Å²) in [6.07, 6.45) is 3.51. The molecule has 0 spiro atoms. The first-order valence-corrected chi connectivity index (χ1v) is 8.19. The van der Waals surface area contributed by atoms with Crippen LogP contribution in [0.2, 0.25) is 0 Å². The molecule has 0 radical (unpaired) electrons. The molecule has 22 heavy (non-hydrogen) atoms. The molecule has 1 saturated heterocycles. The van der Waals surface area contributed by atoms with Gasteiger partial charge < -0.3 is 5.32 Å². The second kappa shape index (κ2) is 5.36. The summed E-state index contributed by atoms with van der Waals surface area (Å²) in [5, 5.41) is 2.98. The van der Waals surface area contributed by atoms with Crippen molar-refractivity contribution in [1.29, 1.82) is 0 Å². The van der Waals surface area contributed by atoms with Crippen LogP contribution in [-0.2, 0) is 14.4 Å². The Balaban J connectivity index is 2.28. The normalized spacial score (nSPS) is 38.1. The van der Waals surface area contributed by atoms with Crippen molar-refractivity contribution in [1.82, 2.24) is 10.2 Å². The molecular formula is C17H28N2O3. The molecule has 1 N–H and O–H groups in total. The van der Waals surface area contributed by atoms with Crippen molar-refractivity contribution in [2.24, 2.45) is 16.2 Å². The number of hydrogen-bond donors (Lipinski definition) is 1. The van der Waals surface area contributed by atoms with E-state index in [1.165, 1.54) is 4.90 Å². The van der Waals surface area contributed by atoms with Crippen LogP contribution in [0.3, 0.4) is 0 Å². The van der Waals surface area contributed by atoms with Crippen molar-refractivity contribution >= 4 is 17.7 Å². The fourth-order valence-electron chi connectivity index (χ4n) is 4.73. The van der Waals surface area contributed by atoms with E-state index in [4.69, 9.17) is 0 Å². The lowest BCUT2D eigenvalue weighted by Gasteiger charge is -2.55. The van der Waals surface area contributed by atoms with Crippen molar-refractivity contribution in [2.45, 2.75) is 59.8 Å². The zero-order valence-corrected chi connectivity index (χ0v) is 14.4. The smallest absolute Gasteiger partial charge is 0.234 e. The summed E-state index contributed by atoms with van der Waals surface area (Å²) in [5.41, 5.74) is -1.93. The van der Waals surface area contributed by atoms with E-state index >= 15 is 0 Å². The number of nitrogens with zero attached hydrogens (tertiary/aromatic N) is 1. The topological polar surface area (TPSA) is 66.5 Å². The Kier molecular flexibility index (Phi) is 4.13. The number of carbonyl (C=O) groups is 3. The minimum atomic E-state index is -0.665. The molecule has 2 fully saturated rings. The summed E-state index contributed by atoms with van der Waals surface area (Å²) in [5.74, 6) is -0.326. The third kappa shape index (κ3) is 2.55. The number of imide groups is 1. The van der Waals surface area contributed by atoms with Crippen LogP contribution >= 0.6 is 0 Å². The summed E-state index contributed by atoms with van der Waals surface area (Å²) in [6, 6.07) is 0. The molecule has 0 aromatic carbocycles. The SMILES string of the molecule is CCCCNC(=O)C1(C)CC2(C)CC(C)(C1)C(=O)N(C)C2=O. The summed E-state index contributed by atoms with van der Waals surface area (Å²) in [7, 11) is 1.56. The fraction of sp³-hybridized carbons (Fsp3) is 0.824. The number of hydrogen-bond acceptors (Lipinski definition) is 3. The summed E-state index contributed by atoms with van der Waals surface area (Å²) in [4.78, 5) is 39.0. The largest absolute Gasteiger partial charge is 0.356 e. The standard InChI is InChI=1S/C17H28N2O3/c1-6-7-8-18-12(20)15(2)9-16(3)11-17(4,10-15)14(22)19(5)13(16)21/h6-11H2,1-5H3,(H,18,20). The van der Waals surface area contributed by atoms with Gasteiger partial charge >= 0.3 is 0 Å². The molecule has 2 unspecified atom stereocenters. The van der Waals surface area contributed by atoms with E-state index in [2.05, 4.69) is 12.2 Å². The molecule has 1 aliphatic heterocycles. The summed E-state index contributed by atoms with van der Waals surface area (Å²) >= 11 is 0. The highest BCUT2D eigenvalue weighted by Gasteiger charge is 2.62. The van der Waals surface area contributed by atoms with Crippen LogP contribution in [-0.4, -0.2) is 36.2 Å². The van der Waals surface area contributed by atoms with Gasteiger partial charge in [-0.05, 0) is 25.7 Å². The number of nitrogens with one attached hydrogen (secondary N) is 1.